The predicted molar refractivity (Wildman–Crippen MR) is 90.6 cm³/mol. The van der Waals surface area contributed by atoms with Crippen LogP contribution in [-0.4, -0.2) is 34.7 Å². The Morgan fingerprint density at radius 1 is 1.27 bits per heavy atom. The molecule has 22 heavy (non-hydrogen) atoms. The lowest BCUT2D eigenvalue weighted by molar-refractivity contribution is -0.121. The number of aryl methyl sites for hydroxylation is 2. The van der Waals surface area contributed by atoms with E-state index in [1.54, 1.807) is 16.2 Å². The van der Waals surface area contributed by atoms with E-state index in [0.717, 1.165) is 11.0 Å². The number of imidazole rings is 1. The van der Waals surface area contributed by atoms with Crippen molar-refractivity contribution in [2.24, 2.45) is 7.05 Å². The number of aromatic nitrogens is 2. The fourth-order valence-corrected chi connectivity index (χ4v) is 2.25. The Balaban J connectivity index is 0.00000242. The molecule has 2 N–H and O–H groups in total. The van der Waals surface area contributed by atoms with E-state index in [1.807, 2.05) is 38.2 Å². The van der Waals surface area contributed by atoms with Gasteiger partial charge in [-0.3, -0.25) is 13.9 Å². The molecule has 2 rings (SSSR count). The Bertz CT molecular complexity index is 692. The molecule has 6 nitrogen and oxygen atoms in total. The van der Waals surface area contributed by atoms with Gasteiger partial charge < -0.3 is 10.6 Å². The van der Waals surface area contributed by atoms with Crippen molar-refractivity contribution < 1.29 is 4.79 Å². The lowest BCUT2D eigenvalue weighted by Gasteiger charge is -2.11. The van der Waals surface area contributed by atoms with Gasteiger partial charge in [0.25, 0.3) is 0 Å². The van der Waals surface area contributed by atoms with Gasteiger partial charge in [0, 0.05) is 32.6 Å². The monoisotopic (exact) mass is 326 g/mol. The molecular weight excluding hydrogens is 304 g/mol. The zero-order valence-electron chi connectivity index (χ0n) is 13.1. The molecule has 1 heterocycles. The van der Waals surface area contributed by atoms with E-state index in [2.05, 4.69) is 10.6 Å². The van der Waals surface area contributed by atoms with Gasteiger partial charge >= 0.3 is 5.69 Å². The average molecular weight is 327 g/mol. The normalized spacial score (nSPS) is 12.0. The molecule has 122 valence electrons. The van der Waals surface area contributed by atoms with Gasteiger partial charge in [-0.15, -0.1) is 12.4 Å². The van der Waals surface area contributed by atoms with Crippen molar-refractivity contribution in [1.82, 2.24) is 19.8 Å². The fourth-order valence-electron chi connectivity index (χ4n) is 2.25. The fraction of sp³-hybridized carbons (Fsp3) is 0.467. The van der Waals surface area contributed by atoms with Crippen LogP contribution < -0.4 is 16.3 Å². The second-order valence-corrected chi connectivity index (χ2v) is 5.23. The molecule has 0 radical (unpaired) electrons. The third-order valence-corrected chi connectivity index (χ3v) is 3.71. The summed E-state index contributed by atoms with van der Waals surface area (Å²) >= 11 is 0. The number of fused-ring (bicyclic) bond motifs is 1. The van der Waals surface area contributed by atoms with Gasteiger partial charge in [0.15, 0.2) is 0 Å². The molecule has 0 saturated carbocycles. The number of carbonyl (C=O) groups excluding carboxylic acids is 1. The highest BCUT2D eigenvalue weighted by molar-refractivity contribution is 5.85. The quantitative estimate of drug-likeness (QED) is 0.828. The molecule has 0 bridgehead atoms. The standard InChI is InChI=1S/C15H22N4O2.ClH/c1-11(16-2)10-17-14(20)8-9-19-13-7-5-4-6-12(13)18(3)15(19)21;/h4-7,11,16H,8-10H2,1-3H3,(H,17,20);1H. The molecule has 0 aliphatic heterocycles. The van der Waals surface area contributed by atoms with Crippen molar-refractivity contribution in [3.05, 3.63) is 34.7 Å². The molecule has 1 aromatic carbocycles. The number of halogens is 1. The van der Waals surface area contributed by atoms with Crippen LogP contribution in [-0.2, 0) is 18.4 Å². The number of hydrogen-bond donors (Lipinski definition) is 2. The van der Waals surface area contributed by atoms with Crippen LogP contribution in [0.2, 0.25) is 0 Å². The van der Waals surface area contributed by atoms with Crippen LogP contribution in [0.25, 0.3) is 11.0 Å². The Labute approximate surface area is 135 Å². The van der Waals surface area contributed by atoms with E-state index in [0.29, 0.717) is 19.5 Å². The summed E-state index contributed by atoms with van der Waals surface area (Å²) < 4.78 is 3.26. The molecule has 1 amide bonds. The smallest absolute Gasteiger partial charge is 0.328 e. The first-order chi connectivity index (χ1) is 10.0. The van der Waals surface area contributed by atoms with Crippen LogP contribution >= 0.6 is 12.4 Å². The summed E-state index contributed by atoms with van der Waals surface area (Å²) in [6.07, 6.45) is 0.296. The van der Waals surface area contributed by atoms with Crippen LogP contribution in [0.15, 0.2) is 29.1 Å². The van der Waals surface area contributed by atoms with Crippen LogP contribution in [0.3, 0.4) is 0 Å². The Hall–Kier alpha value is -1.79. The number of rotatable bonds is 6. The van der Waals surface area contributed by atoms with Crippen molar-refractivity contribution in [3.63, 3.8) is 0 Å². The third kappa shape index (κ3) is 3.90. The zero-order chi connectivity index (χ0) is 15.4. The van der Waals surface area contributed by atoms with Gasteiger partial charge in [0.1, 0.15) is 0 Å². The van der Waals surface area contributed by atoms with E-state index < -0.39 is 0 Å². The van der Waals surface area contributed by atoms with Crippen LogP contribution in [0, 0.1) is 0 Å². The Morgan fingerprint density at radius 2 is 1.91 bits per heavy atom. The van der Waals surface area contributed by atoms with Crippen molar-refractivity contribution in [3.8, 4) is 0 Å². The molecular formula is C15H23ClN4O2. The second-order valence-electron chi connectivity index (χ2n) is 5.23. The maximum atomic E-state index is 12.2. The van der Waals surface area contributed by atoms with E-state index >= 15 is 0 Å². The number of carbonyl (C=O) groups is 1. The van der Waals surface area contributed by atoms with Crippen molar-refractivity contribution in [2.45, 2.75) is 25.9 Å². The van der Waals surface area contributed by atoms with Crippen molar-refractivity contribution >= 4 is 29.3 Å². The number of benzene rings is 1. The summed E-state index contributed by atoms with van der Waals surface area (Å²) in [7, 11) is 3.60. The van der Waals surface area contributed by atoms with Crippen LogP contribution in [0.4, 0.5) is 0 Å². The minimum absolute atomic E-state index is 0. The summed E-state index contributed by atoms with van der Waals surface area (Å²) in [6.45, 7) is 2.97. The van der Waals surface area contributed by atoms with E-state index in [-0.39, 0.29) is 30.0 Å². The second kappa shape index (κ2) is 8.00. The highest BCUT2D eigenvalue weighted by Crippen LogP contribution is 2.11. The van der Waals surface area contributed by atoms with Crippen molar-refractivity contribution in [2.75, 3.05) is 13.6 Å². The lowest BCUT2D eigenvalue weighted by Crippen LogP contribution is -2.37. The summed E-state index contributed by atoms with van der Waals surface area (Å²) in [5.74, 6) is -0.0445. The van der Waals surface area contributed by atoms with E-state index in [1.165, 1.54) is 0 Å². The molecule has 0 aliphatic rings. The maximum absolute atomic E-state index is 12.2. The number of likely N-dealkylation sites (N-methyl/N-ethyl adjacent to an activating group) is 1. The molecule has 1 unspecified atom stereocenters. The number of nitrogens with one attached hydrogen (secondary N) is 2. The minimum Gasteiger partial charge on any atom is -0.354 e. The maximum Gasteiger partial charge on any atom is 0.328 e. The summed E-state index contributed by atoms with van der Waals surface area (Å²) in [6, 6.07) is 7.83. The number of nitrogens with zero attached hydrogens (tertiary/aromatic N) is 2. The predicted octanol–water partition coefficient (Wildman–Crippen LogP) is 0.876. The SMILES string of the molecule is CNC(C)CNC(=O)CCn1c(=O)n(C)c2ccccc21.Cl. The van der Waals surface area contributed by atoms with Gasteiger partial charge in [-0.2, -0.15) is 0 Å². The first kappa shape index (κ1) is 18.3. The molecule has 7 heteroatoms. The molecule has 0 saturated heterocycles. The van der Waals surface area contributed by atoms with Gasteiger partial charge in [-0.25, -0.2) is 4.79 Å². The highest BCUT2D eigenvalue weighted by Gasteiger charge is 2.11. The van der Waals surface area contributed by atoms with E-state index in [9.17, 15) is 9.59 Å². The molecule has 1 aromatic heterocycles. The van der Waals surface area contributed by atoms with Gasteiger partial charge in [-0.1, -0.05) is 12.1 Å². The Kier molecular flexibility index (Phi) is 6.64. The first-order valence-electron chi connectivity index (χ1n) is 7.12. The zero-order valence-corrected chi connectivity index (χ0v) is 13.9. The molecule has 2 aromatic rings. The molecule has 0 spiro atoms. The summed E-state index contributed by atoms with van der Waals surface area (Å²) in [5.41, 5.74) is 1.65. The lowest BCUT2D eigenvalue weighted by atomic mass is 10.3. The molecule has 0 fully saturated rings. The Morgan fingerprint density at radius 3 is 2.55 bits per heavy atom. The average Bonchev–Trinajstić information content (AvgIpc) is 2.75. The van der Waals surface area contributed by atoms with Gasteiger partial charge in [0.05, 0.1) is 11.0 Å². The van der Waals surface area contributed by atoms with Gasteiger partial charge in [-0.05, 0) is 26.1 Å². The van der Waals surface area contributed by atoms with Crippen LogP contribution in [0.5, 0.6) is 0 Å². The minimum atomic E-state index is -0.0902. The largest absolute Gasteiger partial charge is 0.354 e. The van der Waals surface area contributed by atoms with Gasteiger partial charge in [0.2, 0.25) is 5.91 Å². The molecule has 0 aliphatic carbocycles. The van der Waals surface area contributed by atoms with E-state index in [4.69, 9.17) is 0 Å². The first-order valence-corrected chi connectivity index (χ1v) is 7.12. The summed E-state index contributed by atoms with van der Waals surface area (Å²) in [4.78, 5) is 24.0. The number of amides is 1. The molecule has 1 atom stereocenters. The topological polar surface area (TPSA) is 68.1 Å². The summed E-state index contributed by atoms with van der Waals surface area (Å²) in [5, 5.41) is 5.91. The van der Waals surface area contributed by atoms with Crippen molar-refractivity contribution in [1.29, 1.82) is 0 Å². The third-order valence-electron chi connectivity index (χ3n) is 3.71. The highest BCUT2D eigenvalue weighted by atomic mass is 35.5. The van der Waals surface area contributed by atoms with Crippen LogP contribution in [0.1, 0.15) is 13.3 Å². The number of hydrogen-bond acceptors (Lipinski definition) is 3. The number of para-hydroxylation sites is 2.